The standard InChI is InChI=1S/C13H25N3O.ClH/c1-2-5-12(14)13(17)16-9-8-15-7-4-3-6-11(15)10-16;/h11-12H,2-10,14H2,1H3;1H. The molecule has 0 saturated carbocycles. The highest BCUT2D eigenvalue weighted by Crippen LogP contribution is 2.21. The number of hydrogen-bond donors (Lipinski definition) is 1. The number of carbonyl (C=O) groups excluding carboxylic acids is 1. The number of hydrogen-bond acceptors (Lipinski definition) is 3. The number of carbonyl (C=O) groups is 1. The molecule has 2 unspecified atom stereocenters. The summed E-state index contributed by atoms with van der Waals surface area (Å²) in [7, 11) is 0. The maximum Gasteiger partial charge on any atom is 0.239 e. The molecule has 106 valence electrons. The van der Waals surface area contributed by atoms with Gasteiger partial charge in [0.15, 0.2) is 0 Å². The van der Waals surface area contributed by atoms with Gasteiger partial charge in [-0.3, -0.25) is 9.69 Å². The summed E-state index contributed by atoms with van der Waals surface area (Å²) in [5, 5.41) is 0. The van der Waals surface area contributed by atoms with Crippen molar-refractivity contribution in [1.29, 1.82) is 0 Å². The Morgan fingerprint density at radius 1 is 1.33 bits per heavy atom. The zero-order valence-corrected chi connectivity index (χ0v) is 12.1. The van der Waals surface area contributed by atoms with Gasteiger partial charge < -0.3 is 10.6 Å². The first kappa shape index (κ1) is 15.7. The molecule has 2 fully saturated rings. The number of fused-ring (bicyclic) bond motifs is 1. The molecule has 2 N–H and O–H groups in total. The van der Waals surface area contributed by atoms with Crippen molar-refractivity contribution in [3.8, 4) is 0 Å². The van der Waals surface area contributed by atoms with Crippen LogP contribution >= 0.6 is 12.4 Å². The van der Waals surface area contributed by atoms with Crippen LogP contribution in [0.3, 0.4) is 0 Å². The van der Waals surface area contributed by atoms with E-state index in [1.54, 1.807) is 0 Å². The zero-order valence-electron chi connectivity index (χ0n) is 11.3. The number of piperidine rings is 1. The van der Waals surface area contributed by atoms with Gasteiger partial charge in [-0.2, -0.15) is 0 Å². The molecule has 2 aliphatic rings. The van der Waals surface area contributed by atoms with E-state index in [9.17, 15) is 4.79 Å². The van der Waals surface area contributed by atoms with Crippen molar-refractivity contribution in [2.45, 2.75) is 51.1 Å². The van der Waals surface area contributed by atoms with E-state index in [-0.39, 0.29) is 24.4 Å². The van der Waals surface area contributed by atoms with Crippen LogP contribution in [0.4, 0.5) is 0 Å². The third-order valence-electron chi connectivity index (χ3n) is 4.07. The van der Waals surface area contributed by atoms with Crippen LogP contribution in [0.2, 0.25) is 0 Å². The second-order valence-corrected chi connectivity index (χ2v) is 5.36. The first-order chi connectivity index (χ1) is 8.22. The molecule has 2 rings (SSSR count). The Kier molecular flexibility index (Phi) is 6.39. The highest BCUT2D eigenvalue weighted by molar-refractivity contribution is 5.85. The molecule has 2 heterocycles. The summed E-state index contributed by atoms with van der Waals surface area (Å²) in [5.41, 5.74) is 5.92. The third-order valence-corrected chi connectivity index (χ3v) is 4.07. The summed E-state index contributed by atoms with van der Waals surface area (Å²) in [6.45, 7) is 6.10. The van der Waals surface area contributed by atoms with Crippen molar-refractivity contribution in [3.05, 3.63) is 0 Å². The molecule has 2 saturated heterocycles. The van der Waals surface area contributed by atoms with Gasteiger partial charge in [0.25, 0.3) is 0 Å². The van der Waals surface area contributed by atoms with Crippen molar-refractivity contribution >= 4 is 18.3 Å². The molecular weight excluding hydrogens is 250 g/mol. The number of nitrogens with two attached hydrogens (primary N) is 1. The number of rotatable bonds is 3. The Balaban J connectivity index is 0.00000162. The lowest BCUT2D eigenvalue weighted by atomic mass is 9.99. The predicted molar refractivity (Wildman–Crippen MR) is 75.9 cm³/mol. The molecule has 0 bridgehead atoms. The molecule has 0 aliphatic carbocycles. The summed E-state index contributed by atoms with van der Waals surface area (Å²) in [6, 6.07) is 0.311. The molecule has 18 heavy (non-hydrogen) atoms. The molecule has 2 aliphatic heterocycles. The second kappa shape index (κ2) is 7.31. The lowest BCUT2D eigenvalue weighted by Crippen LogP contribution is -2.58. The first-order valence-corrected chi connectivity index (χ1v) is 7.00. The van der Waals surface area contributed by atoms with Gasteiger partial charge in [0.05, 0.1) is 6.04 Å². The van der Waals surface area contributed by atoms with Gasteiger partial charge in [-0.05, 0) is 25.8 Å². The van der Waals surface area contributed by atoms with Gasteiger partial charge in [-0.1, -0.05) is 19.8 Å². The van der Waals surface area contributed by atoms with Crippen LogP contribution in [0.15, 0.2) is 0 Å². The fraction of sp³-hybridized carbons (Fsp3) is 0.923. The monoisotopic (exact) mass is 275 g/mol. The minimum Gasteiger partial charge on any atom is -0.338 e. The fourth-order valence-electron chi connectivity index (χ4n) is 3.03. The summed E-state index contributed by atoms with van der Waals surface area (Å²) in [6.07, 6.45) is 5.66. The van der Waals surface area contributed by atoms with Crippen LogP contribution < -0.4 is 5.73 Å². The number of halogens is 1. The quantitative estimate of drug-likeness (QED) is 0.843. The van der Waals surface area contributed by atoms with E-state index in [1.165, 1.54) is 25.8 Å². The zero-order chi connectivity index (χ0) is 12.3. The highest BCUT2D eigenvalue weighted by atomic mass is 35.5. The van der Waals surface area contributed by atoms with E-state index in [0.717, 1.165) is 32.5 Å². The van der Waals surface area contributed by atoms with Gasteiger partial charge >= 0.3 is 0 Å². The van der Waals surface area contributed by atoms with Crippen LogP contribution in [-0.4, -0.2) is 54.0 Å². The molecule has 5 heteroatoms. The Morgan fingerprint density at radius 2 is 2.11 bits per heavy atom. The number of amides is 1. The summed E-state index contributed by atoms with van der Waals surface area (Å²) in [5.74, 6) is 0.164. The van der Waals surface area contributed by atoms with Crippen LogP contribution in [-0.2, 0) is 4.79 Å². The average molecular weight is 276 g/mol. The van der Waals surface area contributed by atoms with Gasteiger partial charge in [0.2, 0.25) is 5.91 Å². The topological polar surface area (TPSA) is 49.6 Å². The van der Waals surface area contributed by atoms with Crippen molar-refractivity contribution in [3.63, 3.8) is 0 Å². The van der Waals surface area contributed by atoms with Crippen molar-refractivity contribution in [1.82, 2.24) is 9.80 Å². The van der Waals surface area contributed by atoms with Crippen molar-refractivity contribution < 1.29 is 4.79 Å². The molecule has 0 spiro atoms. The molecule has 4 nitrogen and oxygen atoms in total. The van der Waals surface area contributed by atoms with Crippen LogP contribution in [0.5, 0.6) is 0 Å². The summed E-state index contributed by atoms with van der Waals surface area (Å²) < 4.78 is 0. The average Bonchev–Trinajstić information content (AvgIpc) is 2.37. The lowest BCUT2D eigenvalue weighted by molar-refractivity contribution is -0.136. The number of piperazine rings is 1. The fourth-order valence-corrected chi connectivity index (χ4v) is 3.03. The normalized spacial score (nSPS) is 26.1. The van der Waals surface area contributed by atoms with E-state index in [2.05, 4.69) is 11.8 Å². The van der Waals surface area contributed by atoms with Crippen molar-refractivity contribution in [2.24, 2.45) is 5.73 Å². The Hall–Kier alpha value is -0.320. The largest absolute Gasteiger partial charge is 0.338 e. The Morgan fingerprint density at radius 3 is 2.83 bits per heavy atom. The molecule has 1 amide bonds. The van der Waals surface area contributed by atoms with E-state index < -0.39 is 0 Å². The van der Waals surface area contributed by atoms with Crippen LogP contribution in [0, 0.1) is 0 Å². The number of nitrogens with zero attached hydrogens (tertiary/aromatic N) is 2. The van der Waals surface area contributed by atoms with Crippen LogP contribution in [0.1, 0.15) is 39.0 Å². The van der Waals surface area contributed by atoms with Crippen LogP contribution in [0.25, 0.3) is 0 Å². The molecule has 2 atom stereocenters. The summed E-state index contributed by atoms with van der Waals surface area (Å²) in [4.78, 5) is 16.7. The van der Waals surface area contributed by atoms with Crippen molar-refractivity contribution in [2.75, 3.05) is 26.2 Å². The smallest absolute Gasteiger partial charge is 0.239 e. The third kappa shape index (κ3) is 3.59. The molecule has 0 aromatic heterocycles. The van der Waals surface area contributed by atoms with E-state index in [1.807, 2.05) is 4.90 Å². The first-order valence-electron chi connectivity index (χ1n) is 7.00. The van der Waals surface area contributed by atoms with E-state index in [0.29, 0.717) is 6.04 Å². The molecule has 0 aromatic carbocycles. The minimum absolute atomic E-state index is 0. The van der Waals surface area contributed by atoms with Gasteiger partial charge in [0.1, 0.15) is 0 Å². The summed E-state index contributed by atoms with van der Waals surface area (Å²) >= 11 is 0. The predicted octanol–water partition coefficient (Wildman–Crippen LogP) is 1.23. The Labute approximate surface area is 116 Å². The Bertz CT molecular complexity index is 275. The second-order valence-electron chi connectivity index (χ2n) is 5.36. The van der Waals surface area contributed by atoms with E-state index in [4.69, 9.17) is 5.73 Å². The van der Waals surface area contributed by atoms with Gasteiger partial charge in [-0.25, -0.2) is 0 Å². The van der Waals surface area contributed by atoms with Gasteiger partial charge in [0, 0.05) is 25.7 Å². The maximum atomic E-state index is 12.1. The molecule has 0 radical (unpaired) electrons. The van der Waals surface area contributed by atoms with E-state index >= 15 is 0 Å². The molecular formula is C13H26ClN3O. The van der Waals surface area contributed by atoms with Gasteiger partial charge in [-0.15, -0.1) is 12.4 Å². The SMILES string of the molecule is CCCC(N)C(=O)N1CCN2CCCCC2C1.Cl. The molecule has 0 aromatic rings. The highest BCUT2D eigenvalue weighted by Gasteiger charge is 2.32. The maximum absolute atomic E-state index is 12.1. The minimum atomic E-state index is -0.282. The lowest BCUT2D eigenvalue weighted by Gasteiger charge is -2.44.